The van der Waals surface area contributed by atoms with E-state index in [1.807, 2.05) is 24.3 Å². The molecule has 38 heavy (non-hydrogen) atoms. The summed E-state index contributed by atoms with van der Waals surface area (Å²) in [5.74, 6) is 0.780. The van der Waals surface area contributed by atoms with Gasteiger partial charge in [0.05, 0.1) is 17.2 Å². The van der Waals surface area contributed by atoms with Crippen LogP contribution in [0.1, 0.15) is 18.8 Å². The molecule has 0 radical (unpaired) electrons. The van der Waals surface area contributed by atoms with Crippen LogP contribution in [0.15, 0.2) is 83.7 Å². The minimum atomic E-state index is -1.19. The topological polar surface area (TPSA) is 99.9 Å². The van der Waals surface area contributed by atoms with Crippen LogP contribution in [0.2, 0.25) is 0 Å². The Labute approximate surface area is 220 Å². The molecular weight excluding hydrogens is 482 g/mol. The Balaban J connectivity index is 1.36. The molecule has 9 nitrogen and oxygen atoms in total. The number of ether oxygens (including phenoxy) is 1. The molecule has 2 N–H and O–H groups in total. The molecule has 0 spiro atoms. The van der Waals surface area contributed by atoms with Gasteiger partial charge in [0.15, 0.2) is 0 Å². The number of nitrogens with zero attached hydrogens (tertiary/aromatic N) is 4. The van der Waals surface area contributed by atoms with Gasteiger partial charge in [0.25, 0.3) is 5.56 Å². The van der Waals surface area contributed by atoms with E-state index in [0.29, 0.717) is 34.8 Å². The molecule has 1 amide bonds. The lowest BCUT2D eigenvalue weighted by Gasteiger charge is -2.36. The Hall–Kier alpha value is -4.37. The number of nitrogens with one attached hydrogen (secondary N) is 1. The molecule has 3 aromatic carbocycles. The number of para-hydroxylation sites is 2. The third-order valence-corrected chi connectivity index (χ3v) is 6.79. The van der Waals surface area contributed by atoms with E-state index in [4.69, 9.17) is 9.72 Å². The summed E-state index contributed by atoms with van der Waals surface area (Å²) in [5, 5.41) is 12.0. The molecule has 196 valence electrons. The zero-order valence-electron chi connectivity index (χ0n) is 21.3. The van der Waals surface area contributed by atoms with Crippen molar-refractivity contribution in [2.24, 2.45) is 0 Å². The molecule has 1 fully saturated rings. The predicted octanol–water partition coefficient (Wildman–Crippen LogP) is 3.92. The van der Waals surface area contributed by atoms with Gasteiger partial charge in [-0.25, -0.2) is 9.78 Å². The van der Waals surface area contributed by atoms with Crippen molar-refractivity contribution >= 4 is 22.7 Å². The van der Waals surface area contributed by atoms with Crippen molar-refractivity contribution in [3.05, 3.63) is 95.0 Å². The van der Waals surface area contributed by atoms with E-state index in [9.17, 15) is 14.7 Å². The van der Waals surface area contributed by atoms with Crippen molar-refractivity contribution in [1.82, 2.24) is 19.8 Å². The number of carbonyl (C=O) groups is 1. The highest BCUT2D eigenvalue weighted by molar-refractivity contribution is 5.84. The number of amides is 1. The van der Waals surface area contributed by atoms with E-state index < -0.39 is 12.1 Å². The van der Waals surface area contributed by atoms with Gasteiger partial charge >= 0.3 is 6.09 Å². The lowest BCUT2D eigenvalue weighted by Crippen LogP contribution is -2.47. The molecule has 4 aromatic rings. The van der Waals surface area contributed by atoms with Crippen LogP contribution in [0.25, 0.3) is 16.6 Å². The van der Waals surface area contributed by atoms with E-state index in [2.05, 4.69) is 39.4 Å². The zero-order chi connectivity index (χ0) is 26.5. The van der Waals surface area contributed by atoms with Gasteiger partial charge in [-0.05, 0) is 43.3 Å². The number of aromatic nitrogens is 2. The summed E-state index contributed by atoms with van der Waals surface area (Å²) in [6.45, 7) is 6.64. The minimum absolute atomic E-state index is 0.303. The number of rotatable bonds is 8. The van der Waals surface area contributed by atoms with Gasteiger partial charge in [0, 0.05) is 38.4 Å². The lowest BCUT2D eigenvalue weighted by atomic mass is 10.2. The van der Waals surface area contributed by atoms with Crippen molar-refractivity contribution in [2.45, 2.75) is 13.0 Å². The highest BCUT2D eigenvalue weighted by atomic mass is 16.5. The fourth-order valence-corrected chi connectivity index (χ4v) is 4.86. The number of carboxylic acid groups (broad SMARTS) is 1. The standard InChI is InChI=1S/C29H31N5O4/c1-21(30-29(36)37)27-31-24-13-8-14-25(26(24)28(35)34(27)23-11-6-3-7-12-23)38-20-19-32-15-17-33(18-16-32)22-9-4-2-5-10-22/h2-14,21,30H,15-20H2,1H3,(H,36,37). The van der Waals surface area contributed by atoms with Gasteiger partial charge in [-0.1, -0.05) is 42.5 Å². The summed E-state index contributed by atoms with van der Waals surface area (Å²) < 4.78 is 7.61. The summed E-state index contributed by atoms with van der Waals surface area (Å²) in [7, 11) is 0. The third kappa shape index (κ3) is 5.47. The van der Waals surface area contributed by atoms with Crippen molar-refractivity contribution in [2.75, 3.05) is 44.2 Å². The largest absolute Gasteiger partial charge is 0.491 e. The SMILES string of the molecule is CC(NC(=O)O)c1nc2cccc(OCCN3CCN(c4ccccc4)CC3)c2c(=O)n1-c1ccccc1. The predicted molar refractivity (Wildman–Crippen MR) is 148 cm³/mol. The molecule has 0 aliphatic carbocycles. The Morgan fingerprint density at radius 1 is 0.947 bits per heavy atom. The van der Waals surface area contributed by atoms with Crippen LogP contribution < -0.4 is 20.5 Å². The number of anilines is 1. The van der Waals surface area contributed by atoms with Gasteiger partial charge in [-0.2, -0.15) is 0 Å². The first-order valence-corrected chi connectivity index (χ1v) is 12.8. The highest BCUT2D eigenvalue weighted by Crippen LogP contribution is 2.25. The number of benzene rings is 3. The number of hydrogen-bond acceptors (Lipinski definition) is 6. The number of hydrogen-bond donors (Lipinski definition) is 2. The smallest absolute Gasteiger partial charge is 0.405 e. The monoisotopic (exact) mass is 513 g/mol. The first-order chi connectivity index (χ1) is 18.5. The molecule has 1 saturated heterocycles. The van der Waals surface area contributed by atoms with Crippen molar-refractivity contribution < 1.29 is 14.6 Å². The molecule has 2 heterocycles. The zero-order valence-corrected chi connectivity index (χ0v) is 21.3. The third-order valence-electron chi connectivity index (χ3n) is 6.79. The Morgan fingerprint density at radius 2 is 1.61 bits per heavy atom. The Kier molecular flexibility index (Phi) is 7.55. The maximum Gasteiger partial charge on any atom is 0.405 e. The normalized spacial score (nSPS) is 14.8. The van der Waals surface area contributed by atoms with Crippen LogP contribution in [-0.2, 0) is 0 Å². The fourth-order valence-electron chi connectivity index (χ4n) is 4.86. The van der Waals surface area contributed by atoms with Gasteiger partial charge in [-0.3, -0.25) is 14.3 Å². The molecule has 9 heteroatoms. The lowest BCUT2D eigenvalue weighted by molar-refractivity contribution is 0.190. The highest BCUT2D eigenvalue weighted by Gasteiger charge is 2.22. The Bertz CT molecular complexity index is 1450. The number of piperazine rings is 1. The van der Waals surface area contributed by atoms with E-state index in [1.165, 1.54) is 10.3 Å². The van der Waals surface area contributed by atoms with E-state index >= 15 is 0 Å². The van der Waals surface area contributed by atoms with Crippen molar-refractivity contribution in [1.29, 1.82) is 0 Å². The van der Waals surface area contributed by atoms with Crippen molar-refractivity contribution in [3.8, 4) is 11.4 Å². The second-order valence-corrected chi connectivity index (χ2v) is 9.28. The second-order valence-electron chi connectivity index (χ2n) is 9.28. The summed E-state index contributed by atoms with van der Waals surface area (Å²) in [4.78, 5) is 34.6. The molecule has 1 aromatic heterocycles. The molecule has 5 rings (SSSR count). The van der Waals surface area contributed by atoms with Crippen molar-refractivity contribution in [3.63, 3.8) is 0 Å². The van der Waals surface area contributed by atoms with Gasteiger partial charge < -0.3 is 20.1 Å². The quantitative estimate of drug-likeness (QED) is 0.368. The van der Waals surface area contributed by atoms with E-state index in [-0.39, 0.29) is 5.56 Å². The maximum atomic E-state index is 13.8. The molecule has 0 saturated carbocycles. The van der Waals surface area contributed by atoms with Crippen LogP contribution in [0.3, 0.4) is 0 Å². The van der Waals surface area contributed by atoms with Crippen LogP contribution >= 0.6 is 0 Å². The Morgan fingerprint density at radius 3 is 2.26 bits per heavy atom. The molecule has 1 atom stereocenters. The second kappa shape index (κ2) is 11.4. The summed E-state index contributed by atoms with van der Waals surface area (Å²) in [6, 6.07) is 24.2. The van der Waals surface area contributed by atoms with Crippen LogP contribution in [0, 0.1) is 0 Å². The molecule has 1 unspecified atom stereocenters. The van der Waals surface area contributed by atoms with E-state index in [0.717, 1.165) is 32.7 Å². The van der Waals surface area contributed by atoms with E-state index in [1.54, 1.807) is 37.3 Å². The average Bonchev–Trinajstić information content (AvgIpc) is 2.94. The van der Waals surface area contributed by atoms with Crippen LogP contribution in [0.5, 0.6) is 5.75 Å². The molecule has 1 aliphatic rings. The van der Waals surface area contributed by atoms with Gasteiger partial charge in [-0.15, -0.1) is 0 Å². The first kappa shape index (κ1) is 25.3. The van der Waals surface area contributed by atoms with Crippen LogP contribution in [-0.4, -0.2) is 65.0 Å². The van der Waals surface area contributed by atoms with Crippen LogP contribution in [0.4, 0.5) is 10.5 Å². The summed E-state index contributed by atoms with van der Waals surface area (Å²) in [6.07, 6.45) is -1.19. The number of fused-ring (bicyclic) bond motifs is 1. The molecular formula is C29H31N5O4. The fraction of sp³-hybridized carbons (Fsp3) is 0.276. The maximum absolute atomic E-state index is 13.8. The minimum Gasteiger partial charge on any atom is -0.491 e. The summed E-state index contributed by atoms with van der Waals surface area (Å²) >= 11 is 0. The summed E-state index contributed by atoms with van der Waals surface area (Å²) in [5.41, 5.74) is 2.01. The molecule has 1 aliphatic heterocycles. The molecule has 0 bridgehead atoms. The average molecular weight is 514 g/mol. The van der Waals surface area contributed by atoms with Gasteiger partial charge in [0.2, 0.25) is 0 Å². The first-order valence-electron chi connectivity index (χ1n) is 12.8. The van der Waals surface area contributed by atoms with Gasteiger partial charge in [0.1, 0.15) is 23.6 Å².